The summed E-state index contributed by atoms with van der Waals surface area (Å²) in [5.74, 6) is 2.47. The van der Waals surface area contributed by atoms with Crippen LogP contribution in [0.25, 0.3) is 0 Å². The number of benzene rings is 1. The van der Waals surface area contributed by atoms with Gasteiger partial charge in [-0.15, -0.1) is 5.10 Å². The Morgan fingerprint density at radius 3 is 2.70 bits per heavy atom. The van der Waals surface area contributed by atoms with Crippen molar-refractivity contribution in [2.75, 3.05) is 25.1 Å². The van der Waals surface area contributed by atoms with Crippen molar-refractivity contribution in [3.8, 4) is 11.5 Å². The minimum Gasteiger partial charge on any atom is -0.486 e. The van der Waals surface area contributed by atoms with Gasteiger partial charge >= 0.3 is 0 Å². The van der Waals surface area contributed by atoms with Crippen molar-refractivity contribution in [1.29, 1.82) is 0 Å². The lowest BCUT2D eigenvalue weighted by atomic mass is 10.1. The molecule has 3 rings (SSSR count). The highest BCUT2D eigenvalue weighted by Gasteiger charge is 2.11. The van der Waals surface area contributed by atoms with E-state index in [1.807, 2.05) is 31.2 Å². The van der Waals surface area contributed by atoms with Gasteiger partial charge in [-0.1, -0.05) is 6.07 Å². The SMILES string of the molecule is Cc1ccc(NCCc2ccc3c(c2)OCCO3)nn1. The Kier molecular flexibility index (Phi) is 3.67. The Bertz CT molecular complexity index is 584. The van der Waals surface area contributed by atoms with Crippen LogP contribution in [0.15, 0.2) is 30.3 Å². The summed E-state index contributed by atoms with van der Waals surface area (Å²) < 4.78 is 11.1. The van der Waals surface area contributed by atoms with Crippen LogP contribution in [-0.4, -0.2) is 30.0 Å². The molecule has 20 heavy (non-hydrogen) atoms. The topological polar surface area (TPSA) is 56.3 Å². The molecule has 0 radical (unpaired) electrons. The third kappa shape index (κ3) is 2.99. The molecule has 0 spiro atoms. The molecule has 104 valence electrons. The molecule has 1 N–H and O–H groups in total. The average molecular weight is 271 g/mol. The van der Waals surface area contributed by atoms with E-state index in [0.29, 0.717) is 13.2 Å². The summed E-state index contributed by atoms with van der Waals surface area (Å²) in [5.41, 5.74) is 2.13. The Hall–Kier alpha value is -2.30. The van der Waals surface area contributed by atoms with Crippen LogP contribution < -0.4 is 14.8 Å². The number of rotatable bonds is 4. The second-order valence-electron chi connectivity index (χ2n) is 4.71. The van der Waals surface area contributed by atoms with Gasteiger partial charge in [-0.2, -0.15) is 5.10 Å². The molecule has 1 aliphatic rings. The smallest absolute Gasteiger partial charge is 0.161 e. The van der Waals surface area contributed by atoms with Crippen molar-refractivity contribution in [3.05, 3.63) is 41.6 Å². The fourth-order valence-electron chi connectivity index (χ4n) is 2.07. The fourth-order valence-corrected chi connectivity index (χ4v) is 2.07. The van der Waals surface area contributed by atoms with Gasteiger partial charge in [-0.05, 0) is 43.2 Å². The van der Waals surface area contributed by atoms with Gasteiger partial charge in [0.15, 0.2) is 11.5 Å². The van der Waals surface area contributed by atoms with Crippen molar-refractivity contribution in [1.82, 2.24) is 10.2 Å². The van der Waals surface area contributed by atoms with E-state index in [0.717, 1.165) is 36.0 Å². The van der Waals surface area contributed by atoms with E-state index in [-0.39, 0.29) is 0 Å². The van der Waals surface area contributed by atoms with Gasteiger partial charge < -0.3 is 14.8 Å². The second kappa shape index (κ2) is 5.77. The molecule has 5 heteroatoms. The van der Waals surface area contributed by atoms with Crippen LogP contribution >= 0.6 is 0 Å². The van der Waals surface area contributed by atoms with Crippen molar-refractivity contribution in [3.63, 3.8) is 0 Å². The summed E-state index contributed by atoms with van der Waals surface area (Å²) in [7, 11) is 0. The van der Waals surface area contributed by atoms with Gasteiger partial charge in [0, 0.05) is 6.54 Å². The third-order valence-corrected chi connectivity index (χ3v) is 3.12. The minimum atomic E-state index is 0.619. The number of ether oxygens (including phenoxy) is 2. The molecule has 0 bridgehead atoms. The average Bonchev–Trinajstić information content (AvgIpc) is 2.49. The van der Waals surface area contributed by atoms with Crippen molar-refractivity contribution in [2.24, 2.45) is 0 Å². The van der Waals surface area contributed by atoms with Crippen LogP contribution in [0.1, 0.15) is 11.3 Å². The second-order valence-corrected chi connectivity index (χ2v) is 4.71. The van der Waals surface area contributed by atoms with Crippen LogP contribution in [0.2, 0.25) is 0 Å². The molecule has 5 nitrogen and oxygen atoms in total. The van der Waals surface area contributed by atoms with Crippen LogP contribution in [-0.2, 0) is 6.42 Å². The monoisotopic (exact) mass is 271 g/mol. The molecular weight excluding hydrogens is 254 g/mol. The maximum Gasteiger partial charge on any atom is 0.161 e. The molecule has 2 aromatic rings. The molecule has 1 aliphatic heterocycles. The summed E-state index contributed by atoms with van der Waals surface area (Å²) in [6.07, 6.45) is 0.895. The van der Waals surface area contributed by atoms with Gasteiger partial charge in [0.1, 0.15) is 19.0 Å². The molecule has 0 saturated carbocycles. The lowest BCUT2D eigenvalue weighted by molar-refractivity contribution is 0.171. The summed E-state index contributed by atoms with van der Waals surface area (Å²) in [5, 5.41) is 11.3. The maximum atomic E-state index is 5.57. The maximum absolute atomic E-state index is 5.57. The zero-order valence-corrected chi connectivity index (χ0v) is 11.4. The molecule has 2 heterocycles. The highest BCUT2D eigenvalue weighted by molar-refractivity contribution is 5.44. The predicted molar refractivity (Wildman–Crippen MR) is 76.4 cm³/mol. The van der Waals surface area contributed by atoms with Crippen LogP contribution in [0.5, 0.6) is 11.5 Å². The molecule has 0 unspecified atom stereocenters. The standard InChI is InChI=1S/C15H17N3O2/c1-11-2-5-15(18-17-11)16-7-6-12-3-4-13-14(10-12)20-9-8-19-13/h2-5,10H,6-9H2,1H3,(H,16,18). The number of hydrogen-bond donors (Lipinski definition) is 1. The van der Waals surface area contributed by atoms with Crippen LogP contribution in [0, 0.1) is 6.92 Å². The predicted octanol–water partition coefficient (Wildman–Crippen LogP) is 2.21. The molecular formula is C15H17N3O2. The summed E-state index contributed by atoms with van der Waals surface area (Å²) in [6, 6.07) is 9.95. The summed E-state index contributed by atoms with van der Waals surface area (Å²) in [6.45, 7) is 3.97. The first-order valence-corrected chi connectivity index (χ1v) is 6.74. The van der Waals surface area contributed by atoms with E-state index in [9.17, 15) is 0 Å². The number of aromatic nitrogens is 2. The van der Waals surface area contributed by atoms with E-state index < -0.39 is 0 Å². The Morgan fingerprint density at radius 1 is 1.05 bits per heavy atom. The quantitative estimate of drug-likeness (QED) is 0.924. The highest BCUT2D eigenvalue weighted by Crippen LogP contribution is 2.30. The van der Waals surface area contributed by atoms with Gasteiger partial charge in [-0.3, -0.25) is 0 Å². The van der Waals surface area contributed by atoms with E-state index >= 15 is 0 Å². The number of hydrogen-bond acceptors (Lipinski definition) is 5. The molecule has 0 fully saturated rings. The normalized spacial score (nSPS) is 13.1. The van der Waals surface area contributed by atoms with Gasteiger partial charge in [0.25, 0.3) is 0 Å². The fraction of sp³-hybridized carbons (Fsp3) is 0.333. The zero-order valence-electron chi connectivity index (χ0n) is 11.4. The summed E-state index contributed by atoms with van der Waals surface area (Å²) in [4.78, 5) is 0. The van der Waals surface area contributed by atoms with E-state index in [1.165, 1.54) is 5.56 Å². The van der Waals surface area contributed by atoms with E-state index in [1.54, 1.807) is 0 Å². The molecule has 0 saturated heterocycles. The molecule has 0 aliphatic carbocycles. The van der Waals surface area contributed by atoms with E-state index in [4.69, 9.17) is 9.47 Å². The Morgan fingerprint density at radius 2 is 1.90 bits per heavy atom. The van der Waals surface area contributed by atoms with Gasteiger partial charge in [0.2, 0.25) is 0 Å². The number of fused-ring (bicyclic) bond motifs is 1. The highest BCUT2D eigenvalue weighted by atomic mass is 16.6. The lowest BCUT2D eigenvalue weighted by Gasteiger charge is -2.18. The molecule has 1 aromatic carbocycles. The third-order valence-electron chi connectivity index (χ3n) is 3.12. The summed E-state index contributed by atoms with van der Waals surface area (Å²) >= 11 is 0. The van der Waals surface area contributed by atoms with Gasteiger partial charge in [-0.25, -0.2) is 0 Å². The van der Waals surface area contributed by atoms with Crippen molar-refractivity contribution >= 4 is 5.82 Å². The molecule has 0 atom stereocenters. The number of anilines is 1. The molecule has 0 amide bonds. The number of aryl methyl sites for hydroxylation is 1. The van der Waals surface area contributed by atoms with Gasteiger partial charge in [0.05, 0.1) is 5.69 Å². The Balaban J connectivity index is 1.57. The van der Waals surface area contributed by atoms with Crippen molar-refractivity contribution in [2.45, 2.75) is 13.3 Å². The van der Waals surface area contributed by atoms with E-state index in [2.05, 4.69) is 21.6 Å². The lowest BCUT2D eigenvalue weighted by Crippen LogP contribution is -2.15. The first-order chi connectivity index (χ1) is 9.81. The zero-order chi connectivity index (χ0) is 13.8. The first-order valence-electron chi connectivity index (χ1n) is 6.74. The van der Waals surface area contributed by atoms with Crippen LogP contribution in [0.3, 0.4) is 0 Å². The molecule has 1 aromatic heterocycles. The minimum absolute atomic E-state index is 0.619. The van der Waals surface area contributed by atoms with Crippen molar-refractivity contribution < 1.29 is 9.47 Å². The largest absolute Gasteiger partial charge is 0.486 e. The van der Waals surface area contributed by atoms with Crippen LogP contribution in [0.4, 0.5) is 5.82 Å². The first kappa shape index (κ1) is 12.7. The Labute approximate surface area is 117 Å². The number of nitrogens with zero attached hydrogens (tertiary/aromatic N) is 2. The number of nitrogens with one attached hydrogen (secondary N) is 1.